The van der Waals surface area contributed by atoms with Crippen LogP contribution in [-0.4, -0.2) is 135 Å². The summed E-state index contributed by atoms with van der Waals surface area (Å²) in [7, 11) is -36.7. The first kappa shape index (κ1) is 66.1. The molecule has 446 valence electrons. The summed E-state index contributed by atoms with van der Waals surface area (Å²) in [5.74, 6) is -5.95. The van der Waals surface area contributed by atoms with E-state index in [1.165, 1.54) is 0 Å². The molecular formula is C46H90O22Si10. The predicted molar refractivity (Wildman–Crippen MR) is 304 cm³/mol. The average molecular weight is 1280 g/mol. The highest BCUT2D eigenvalue weighted by atomic mass is 28.6. The summed E-state index contributed by atoms with van der Waals surface area (Å²) in [4.78, 5) is 70.3. The SMILES string of the molecule is C=C.CC[Si]12O[Si]3(CC)O[Si]4(CC)O[Si](CC)(O1)O[Si]1(CC)O[Si](CC)(O2)O[Si](CC)(O3)O[Si](COC(=O)C(C)(C)CC(C)(CC2C(=O)OC(=O)C2CC(C)COC(=O)C2C[Si](C)(C)O[Si](C)(C)C2)C(=O)OC(C)(C)C)(O4)O1. The maximum atomic E-state index is 15.0. The standard InChI is InChI=1S/C44H86O22Si10.C2H4/c1-19-69-55-70(20-2)58-73(23-5)60-71(21-3,56-69)62-75(25-7)63-72(22-4,57-69)61-74(24-6,59-70)65-76(64-73,66-75)32-51-40(48)43(12,13)31-44(14,41(49)53-42(9,10)11)27-36-35(38(46)52-39(36)47)26-33(8)28-50-37(45)34-29-67(15,16)54-68(17,18)30-34;1-2/h33-36H,19-32H2,1-18H3;1-2H2. The van der Waals surface area contributed by atoms with Gasteiger partial charge in [-0.3, -0.25) is 24.0 Å². The molecule has 4 unspecified atom stereocenters. The molecule has 22 nitrogen and oxygen atoms in total. The first-order chi connectivity index (χ1) is 36.0. The third-order valence-electron chi connectivity index (χ3n) is 14.9. The lowest BCUT2D eigenvalue weighted by atomic mass is 9.67. The van der Waals surface area contributed by atoms with Gasteiger partial charge < -0.3 is 72.4 Å². The number of hydrogen-bond acceptors (Lipinski definition) is 22. The maximum absolute atomic E-state index is 15.0. The molecule has 0 amide bonds. The largest absolute Gasteiger partial charge is 0.518 e. The molecule has 0 saturated carbocycles. The van der Waals surface area contributed by atoms with Crippen LogP contribution in [0.15, 0.2) is 13.2 Å². The van der Waals surface area contributed by atoms with Crippen molar-refractivity contribution in [1.29, 1.82) is 0 Å². The minimum absolute atomic E-state index is 0.0238. The van der Waals surface area contributed by atoms with Crippen molar-refractivity contribution >= 4 is 117 Å². The monoisotopic (exact) mass is 1270 g/mol. The molecule has 8 saturated heterocycles. The number of carbonyl (C=O) groups is 5. The molecule has 8 heterocycles. The Morgan fingerprint density at radius 1 is 0.538 bits per heavy atom. The summed E-state index contributed by atoms with van der Waals surface area (Å²) in [5.41, 5.74) is -4.04. The van der Waals surface area contributed by atoms with Crippen LogP contribution in [0, 0.1) is 34.5 Å². The van der Waals surface area contributed by atoms with Crippen molar-refractivity contribution in [1.82, 2.24) is 0 Å². The van der Waals surface area contributed by atoms with Gasteiger partial charge in [-0.25, -0.2) is 0 Å². The fourth-order valence-corrected chi connectivity index (χ4v) is 70.4. The van der Waals surface area contributed by atoms with Gasteiger partial charge >= 0.3 is 100 Å². The van der Waals surface area contributed by atoms with Crippen molar-refractivity contribution in [3.63, 3.8) is 0 Å². The third kappa shape index (κ3) is 14.0. The Morgan fingerprint density at radius 2 is 0.885 bits per heavy atom. The second-order valence-corrected chi connectivity index (χ2v) is 59.4. The zero-order chi connectivity index (χ0) is 58.6. The van der Waals surface area contributed by atoms with E-state index < -0.39 is 145 Å². The molecule has 8 fully saturated rings. The van der Waals surface area contributed by atoms with E-state index in [2.05, 4.69) is 39.3 Å². The predicted octanol–water partition coefficient (Wildman–Crippen LogP) is 8.88. The van der Waals surface area contributed by atoms with Gasteiger partial charge in [-0.2, -0.15) is 0 Å². The first-order valence-electron chi connectivity index (χ1n) is 27.9. The Balaban J connectivity index is 0.00000486. The molecule has 8 aliphatic rings. The molecular weight excluding hydrogens is 1190 g/mol. The van der Waals surface area contributed by atoms with E-state index in [1.54, 1.807) is 41.5 Å². The van der Waals surface area contributed by atoms with Crippen LogP contribution in [0.25, 0.3) is 0 Å². The average Bonchev–Trinajstić information content (AvgIpc) is 3.57. The lowest BCUT2D eigenvalue weighted by Crippen LogP contribution is -2.88. The van der Waals surface area contributed by atoms with Gasteiger partial charge in [-0.15, -0.1) is 13.2 Å². The number of ether oxygens (including phenoxy) is 4. The first-order valence-corrected chi connectivity index (χ1v) is 49.6. The molecule has 8 rings (SSSR count). The van der Waals surface area contributed by atoms with Gasteiger partial charge in [0.2, 0.25) is 0 Å². The summed E-state index contributed by atoms with van der Waals surface area (Å²) < 4.78 is 117. The highest BCUT2D eigenvalue weighted by molar-refractivity contribution is 7.03. The van der Waals surface area contributed by atoms with Gasteiger partial charge in [0.05, 0.1) is 35.2 Å². The second-order valence-electron chi connectivity index (χ2n) is 24.7. The molecule has 8 bridgehead atoms. The minimum Gasteiger partial charge on any atom is -0.465 e. The molecule has 78 heavy (non-hydrogen) atoms. The molecule has 0 N–H and O–H groups in total. The van der Waals surface area contributed by atoms with Crippen molar-refractivity contribution in [2.24, 2.45) is 34.5 Å². The van der Waals surface area contributed by atoms with Crippen molar-refractivity contribution in [3.8, 4) is 0 Å². The number of hydrogen-bond donors (Lipinski definition) is 0. The van der Waals surface area contributed by atoms with Crippen molar-refractivity contribution in [2.45, 2.75) is 202 Å². The summed E-state index contributed by atoms with van der Waals surface area (Å²) in [6.07, 6.45) is -0.874. The van der Waals surface area contributed by atoms with E-state index in [-0.39, 0.29) is 79.9 Å². The van der Waals surface area contributed by atoms with Gasteiger partial charge in [-0.1, -0.05) is 55.4 Å². The maximum Gasteiger partial charge on any atom is 0.518 e. The van der Waals surface area contributed by atoms with Gasteiger partial charge in [-0.05, 0) is 105 Å². The molecule has 0 radical (unpaired) electrons. The molecule has 0 aromatic carbocycles. The van der Waals surface area contributed by atoms with E-state index in [9.17, 15) is 19.2 Å². The fourth-order valence-electron chi connectivity index (χ4n) is 11.6. The van der Waals surface area contributed by atoms with Crippen LogP contribution >= 0.6 is 0 Å². The molecule has 32 heteroatoms. The van der Waals surface area contributed by atoms with Gasteiger partial charge in [0.15, 0.2) is 22.9 Å². The van der Waals surface area contributed by atoms with Crippen LogP contribution in [0.2, 0.25) is 80.6 Å². The topological polar surface area (TPSA) is 242 Å². The molecule has 8 aliphatic heterocycles. The van der Waals surface area contributed by atoms with Crippen molar-refractivity contribution in [3.05, 3.63) is 13.2 Å². The van der Waals surface area contributed by atoms with Crippen LogP contribution in [0.1, 0.15) is 116 Å². The molecule has 0 spiro atoms. The van der Waals surface area contributed by atoms with Crippen LogP contribution in [-0.2, 0) is 96.4 Å². The van der Waals surface area contributed by atoms with E-state index in [4.69, 9.17) is 72.4 Å². The van der Waals surface area contributed by atoms with Crippen molar-refractivity contribution < 1.29 is 96.4 Å². The summed E-state index contributed by atoms with van der Waals surface area (Å²) in [6.45, 7) is 39.5. The highest BCUT2D eigenvalue weighted by Gasteiger charge is 2.82. The summed E-state index contributed by atoms with van der Waals surface area (Å²) >= 11 is 0. The minimum atomic E-state index is -4.58. The third-order valence-corrected chi connectivity index (χ3v) is 58.7. The second kappa shape index (κ2) is 23.4. The molecule has 0 aromatic rings. The Kier molecular flexibility index (Phi) is 19.8. The number of cyclic esters (lactones) is 2. The lowest BCUT2D eigenvalue weighted by Gasteiger charge is -2.62. The Bertz CT molecular complexity index is 2120. The Hall–Kier alpha value is -1.06. The van der Waals surface area contributed by atoms with Crippen LogP contribution in [0.4, 0.5) is 0 Å². The van der Waals surface area contributed by atoms with E-state index in [0.29, 0.717) is 18.1 Å². The smallest absolute Gasteiger partial charge is 0.465 e. The summed E-state index contributed by atoms with van der Waals surface area (Å²) in [6, 6.07) is 2.98. The van der Waals surface area contributed by atoms with Gasteiger partial charge in [0.25, 0.3) is 0 Å². The van der Waals surface area contributed by atoms with E-state index in [0.717, 1.165) is 0 Å². The zero-order valence-corrected chi connectivity index (χ0v) is 59.6. The normalized spacial score (nSPS) is 38.2. The highest BCUT2D eigenvalue weighted by Crippen LogP contribution is 2.53. The van der Waals surface area contributed by atoms with E-state index in [1.807, 2.05) is 55.4 Å². The van der Waals surface area contributed by atoms with Gasteiger partial charge in [0, 0.05) is 42.3 Å². The number of rotatable bonds is 20. The Labute approximate surface area is 473 Å². The molecule has 0 aromatic heterocycles. The quantitative estimate of drug-likeness (QED) is 0.0363. The van der Waals surface area contributed by atoms with Crippen LogP contribution in [0.5, 0.6) is 0 Å². The van der Waals surface area contributed by atoms with E-state index >= 15 is 4.79 Å². The number of carbonyl (C=O) groups excluding carboxylic acids is 5. The van der Waals surface area contributed by atoms with Crippen LogP contribution in [0.3, 0.4) is 0 Å². The van der Waals surface area contributed by atoms with Crippen LogP contribution < -0.4 is 0 Å². The summed E-state index contributed by atoms with van der Waals surface area (Å²) in [5, 5.41) is 0. The zero-order valence-electron chi connectivity index (χ0n) is 49.6. The van der Waals surface area contributed by atoms with Crippen molar-refractivity contribution in [2.75, 3.05) is 12.8 Å². The number of esters is 5. The fraction of sp³-hybridized carbons (Fsp3) is 0.848. The molecule has 4 atom stereocenters. The van der Waals surface area contributed by atoms with Gasteiger partial charge in [0.1, 0.15) is 5.60 Å². The Morgan fingerprint density at radius 3 is 1.23 bits per heavy atom. The molecule has 0 aliphatic carbocycles. The lowest BCUT2D eigenvalue weighted by molar-refractivity contribution is -0.173.